The van der Waals surface area contributed by atoms with Gasteiger partial charge in [0.2, 0.25) is 5.91 Å². The van der Waals surface area contributed by atoms with Gasteiger partial charge in [0.25, 0.3) is 0 Å². The van der Waals surface area contributed by atoms with Gasteiger partial charge >= 0.3 is 0 Å². The van der Waals surface area contributed by atoms with E-state index in [9.17, 15) is 9.90 Å². The number of aromatic nitrogens is 3. The first kappa shape index (κ1) is 15.3. The number of carbonyl (C=O) groups excluding carboxylic acids is 1. The monoisotopic (exact) mass is 340 g/mol. The predicted molar refractivity (Wildman–Crippen MR) is 91.5 cm³/mol. The molecule has 25 heavy (non-hydrogen) atoms. The standard InChI is InChI=1S/C19H24N4O2/c24-17(20-11-16-22-21-15-3-1-2-4-23(15)16)10-18-6-13-5-14(7-18)9-19(25,8-13)12-18/h1-4,13-14,25H,5-12H2,(H,20,24)/t13-,14-,18?,19?/m1/s1. The molecule has 6 heteroatoms. The zero-order chi connectivity index (χ0) is 17.1. The van der Waals surface area contributed by atoms with E-state index in [0.717, 1.165) is 43.6 Å². The summed E-state index contributed by atoms with van der Waals surface area (Å²) in [6, 6.07) is 5.75. The van der Waals surface area contributed by atoms with E-state index in [1.165, 1.54) is 6.42 Å². The molecule has 2 heterocycles. The number of aliphatic hydroxyl groups is 1. The van der Waals surface area contributed by atoms with Crippen LogP contribution in [0.1, 0.15) is 50.8 Å². The minimum atomic E-state index is -0.506. The molecular formula is C19H24N4O2. The quantitative estimate of drug-likeness (QED) is 0.893. The maximum Gasteiger partial charge on any atom is 0.220 e. The lowest BCUT2D eigenvalue weighted by atomic mass is 9.47. The van der Waals surface area contributed by atoms with Crippen molar-refractivity contribution in [3.63, 3.8) is 0 Å². The molecule has 0 aromatic carbocycles. The molecule has 2 aromatic heterocycles. The van der Waals surface area contributed by atoms with E-state index in [1.54, 1.807) is 0 Å². The van der Waals surface area contributed by atoms with Crippen molar-refractivity contribution in [3.05, 3.63) is 30.2 Å². The van der Waals surface area contributed by atoms with Crippen LogP contribution in [0.5, 0.6) is 0 Å². The molecule has 0 aliphatic heterocycles. The highest BCUT2D eigenvalue weighted by atomic mass is 16.3. The fourth-order valence-electron chi connectivity index (χ4n) is 6.20. The summed E-state index contributed by atoms with van der Waals surface area (Å²) in [7, 11) is 0. The SMILES string of the molecule is O=C(CC12C[C@H]3C[C@@H](CC(O)(C3)C1)C2)NCc1nnc2ccccn12. The second-order valence-electron chi connectivity index (χ2n) is 8.68. The summed E-state index contributed by atoms with van der Waals surface area (Å²) < 4.78 is 1.90. The van der Waals surface area contributed by atoms with Crippen LogP contribution in [-0.4, -0.2) is 31.2 Å². The van der Waals surface area contributed by atoms with Crippen LogP contribution in [0.15, 0.2) is 24.4 Å². The fraction of sp³-hybridized carbons (Fsp3) is 0.632. The van der Waals surface area contributed by atoms with Gasteiger partial charge in [0, 0.05) is 12.6 Å². The number of fused-ring (bicyclic) bond motifs is 1. The van der Waals surface area contributed by atoms with Crippen LogP contribution in [0.4, 0.5) is 0 Å². The van der Waals surface area contributed by atoms with E-state index in [1.807, 2.05) is 28.8 Å². The predicted octanol–water partition coefficient (Wildman–Crippen LogP) is 2.07. The highest BCUT2D eigenvalue weighted by molar-refractivity contribution is 5.76. The number of nitrogens with zero attached hydrogens (tertiary/aromatic N) is 3. The lowest BCUT2D eigenvalue weighted by molar-refractivity contribution is -0.169. The normalized spacial score (nSPS) is 36.0. The van der Waals surface area contributed by atoms with Gasteiger partial charge in [-0.3, -0.25) is 9.20 Å². The zero-order valence-electron chi connectivity index (χ0n) is 14.3. The Labute approximate surface area is 146 Å². The molecule has 4 saturated carbocycles. The van der Waals surface area contributed by atoms with Crippen LogP contribution in [0.3, 0.4) is 0 Å². The molecule has 2 aromatic rings. The number of hydrogen-bond acceptors (Lipinski definition) is 4. The van der Waals surface area contributed by atoms with Crippen molar-refractivity contribution in [1.29, 1.82) is 0 Å². The van der Waals surface area contributed by atoms with Gasteiger partial charge in [0.1, 0.15) is 0 Å². The van der Waals surface area contributed by atoms with Gasteiger partial charge in [-0.2, -0.15) is 0 Å². The molecule has 6 nitrogen and oxygen atoms in total. The molecule has 6 rings (SSSR count). The zero-order valence-corrected chi connectivity index (χ0v) is 14.3. The molecule has 0 spiro atoms. The third kappa shape index (κ3) is 2.63. The van der Waals surface area contributed by atoms with E-state index >= 15 is 0 Å². The Hall–Kier alpha value is -1.95. The number of nitrogens with one attached hydrogen (secondary N) is 1. The van der Waals surface area contributed by atoms with E-state index in [4.69, 9.17) is 0 Å². The van der Waals surface area contributed by atoms with Gasteiger partial charge in [-0.1, -0.05) is 6.07 Å². The summed E-state index contributed by atoms with van der Waals surface area (Å²) in [6.45, 7) is 0.386. The van der Waals surface area contributed by atoms with Crippen LogP contribution in [0.25, 0.3) is 5.65 Å². The number of rotatable bonds is 4. The molecule has 0 radical (unpaired) electrons. The minimum absolute atomic E-state index is 0.00975. The Kier molecular flexibility index (Phi) is 3.23. The van der Waals surface area contributed by atoms with E-state index in [2.05, 4.69) is 15.5 Å². The molecule has 4 bridgehead atoms. The molecule has 0 saturated heterocycles. The van der Waals surface area contributed by atoms with Crippen LogP contribution in [0.2, 0.25) is 0 Å². The smallest absolute Gasteiger partial charge is 0.220 e. The van der Waals surface area contributed by atoms with Crippen molar-refractivity contribution in [1.82, 2.24) is 19.9 Å². The second-order valence-corrected chi connectivity index (χ2v) is 8.68. The molecule has 2 N–H and O–H groups in total. The summed E-state index contributed by atoms with van der Waals surface area (Å²) >= 11 is 0. The lowest BCUT2D eigenvalue weighted by Gasteiger charge is -2.60. The molecule has 0 unspecified atom stereocenters. The van der Waals surface area contributed by atoms with Crippen LogP contribution in [0, 0.1) is 17.3 Å². The van der Waals surface area contributed by atoms with Gasteiger partial charge in [-0.05, 0) is 67.9 Å². The van der Waals surface area contributed by atoms with Crippen LogP contribution < -0.4 is 5.32 Å². The van der Waals surface area contributed by atoms with Gasteiger partial charge < -0.3 is 10.4 Å². The van der Waals surface area contributed by atoms with Gasteiger partial charge in [-0.25, -0.2) is 0 Å². The third-order valence-corrected chi connectivity index (χ3v) is 6.51. The molecule has 4 aliphatic rings. The van der Waals surface area contributed by atoms with Crippen molar-refractivity contribution < 1.29 is 9.90 Å². The number of pyridine rings is 1. The number of hydrogen-bond donors (Lipinski definition) is 2. The first-order valence-electron chi connectivity index (χ1n) is 9.30. The average Bonchev–Trinajstić information content (AvgIpc) is 2.93. The molecule has 132 valence electrons. The molecular weight excluding hydrogens is 316 g/mol. The summed E-state index contributed by atoms with van der Waals surface area (Å²) in [5.41, 5.74) is 0.290. The lowest BCUT2D eigenvalue weighted by Crippen LogP contribution is -2.56. The Morgan fingerprint density at radius 2 is 2.04 bits per heavy atom. The van der Waals surface area contributed by atoms with Gasteiger partial charge in [-0.15, -0.1) is 10.2 Å². The topological polar surface area (TPSA) is 79.5 Å². The van der Waals surface area contributed by atoms with Crippen LogP contribution >= 0.6 is 0 Å². The number of carbonyl (C=O) groups is 1. The van der Waals surface area contributed by atoms with Crippen molar-refractivity contribution >= 4 is 11.6 Å². The van der Waals surface area contributed by atoms with E-state index < -0.39 is 5.60 Å². The minimum Gasteiger partial charge on any atom is -0.390 e. The number of amides is 1. The largest absolute Gasteiger partial charge is 0.390 e. The van der Waals surface area contributed by atoms with E-state index in [-0.39, 0.29) is 11.3 Å². The van der Waals surface area contributed by atoms with Crippen molar-refractivity contribution in [2.75, 3.05) is 0 Å². The fourth-order valence-corrected chi connectivity index (χ4v) is 6.20. The highest BCUT2D eigenvalue weighted by Crippen LogP contribution is 2.62. The summed E-state index contributed by atoms with van der Waals surface area (Å²) in [4.78, 5) is 12.6. The van der Waals surface area contributed by atoms with Crippen molar-refractivity contribution in [2.45, 2.75) is 57.1 Å². The molecule has 4 aliphatic carbocycles. The Bertz CT molecular complexity index is 816. The molecule has 4 fully saturated rings. The first-order chi connectivity index (χ1) is 12.0. The first-order valence-corrected chi connectivity index (χ1v) is 9.30. The maximum atomic E-state index is 12.6. The average molecular weight is 340 g/mol. The molecule has 2 atom stereocenters. The molecule has 1 amide bonds. The Balaban J connectivity index is 1.27. The summed E-state index contributed by atoms with van der Waals surface area (Å²) in [6.07, 6.45) is 8.58. The Morgan fingerprint density at radius 3 is 2.80 bits per heavy atom. The van der Waals surface area contributed by atoms with Gasteiger partial charge in [0.05, 0.1) is 12.1 Å². The second kappa shape index (κ2) is 5.27. The Morgan fingerprint density at radius 1 is 1.24 bits per heavy atom. The highest BCUT2D eigenvalue weighted by Gasteiger charge is 2.57. The summed E-state index contributed by atoms with van der Waals surface area (Å²) in [5, 5.41) is 22.1. The maximum absolute atomic E-state index is 12.6. The van der Waals surface area contributed by atoms with Crippen molar-refractivity contribution in [2.24, 2.45) is 17.3 Å². The third-order valence-electron chi connectivity index (χ3n) is 6.51. The van der Waals surface area contributed by atoms with Gasteiger partial charge in [0.15, 0.2) is 11.5 Å². The van der Waals surface area contributed by atoms with E-state index in [0.29, 0.717) is 24.8 Å². The van der Waals surface area contributed by atoms with Crippen molar-refractivity contribution in [3.8, 4) is 0 Å². The summed E-state index contributed by atoms with van der Waals surface area (Å²) in [5.74, 6) is 2.03. The van der Waals surface area contributed by atoms with Crippen LogP contribution in [-0.2, 0) is 11.3 Å².